The lowest BCUT2D eigenvalue weighted by Crippen LogP contribution is -2.43. The molecule has 0 unspecified atom stereocenters. The van der Waals surface area contributed by atoms with E-state index in [1.807, 2.05) is 0 Å². The van der Waals surface area contributed by atoms with E-state index in [9.17, 15) is 0 Å². The first-order valence-corrected chi connectivity index (χ1v) is 16.6. The molecule has 4 fully saturated rings. The molecule has 0 heterocycles. The Morgan fingerprint density at radius 2 is 0.541 bits per heavy atom. The van der Waals surface area contributed by atoms with E-state index in [0.717, 1.165) is 50.1 Å². The molecular formula is C33H60O4. The number of hydrogen-bond acceptors (Lipinski definition) is 4. The Morgan fingerprint density at radius 3 is 0.757 bits per heavy atom. The Bertz CT molecular complexity index is 455. The van der Waals surface area contributed by atoms with Crippen LogP contribution in [0.3, 0.4) is 0 Å². The number of rotatable bonds is 16. The molecule has 0 saturated heterocycles. The molecule has 4 aliphatic carbocycles. The van der Waals surface area contributed by atoms with E-state index < -0.39 is 0 Å². The highest BCUT2D eigenvalue weighted by Gasteiger charge is 2.34. The zero-order chi connectivity index (χ0) is 25.4. The van der Waals surface area contributed by atoms with Crippen molar-refractivity contribution in [1.82, 2.24) is 0 Å². The van der Waals surface area contributed by atoms with Crippen LogP contribution >= 0.6 is 0 Å². The average molecular weight is 521 g/mol. The van der Waals surface area contributed by atoms with Crippen LogP contribution < -0.4 is 0 Å². The maximum absolute atomic E-state index is 6.53. The summed E-state index contributed by atoms with van der Waals surface area (Å²) >= 11 is 0. The predicted octanol–water partition coefficient (Wildman–Crippen LogP) is 8.36. The van der Waals surface area contributed by atoms with Crippen molar-refractivity contribution in [2.24, 2.45) is 29.1 Å². The van der Waals surface area contributed by atoms with Gasteiger partial charge in [0.15, 0.2) is 0 Å². The molecule has 4 saturated carbocycles. The highest BCUT2D eigenvalue weighted by Crippen LogP contribution is 2.30. The second-order valence-electron chi connectivity index (χ2n) is 13.6. The molecule has 4 nitrogen and oxygen atoms in total. The first-order chi connectivity index (χ1) is 18.3. The van der Waals surface area contributed by atoms with Crippen LogP contribution in [0.15, 0.2) is 0 Å². The Morgan fingerprint density at radius 1 is 0.324 bits per heavy atom. The molecule has 0 aromatic rings. The molecule has 0 atom stereocenters. The lowest BCUT2D eigenvalue weighted by Gasteiger charge is -2.36. The molecule has 0 bridgehead atoms. The summed E-state index contributed by atoms with van der Waals surface area (Å²) in [5.74, 6) is 2.95. The fourth-order valence-electron chi connectivity index (χ4n) is 7.43. The van der Waals surface area contributed by atoms with Gasteiger partial charge < -0.3 is 18.9 Å². The highest BCUT2D eigenvalue weighted by molar-refractivity contribution is 4.81. The SMILES string of the molecule is C1CCC(COCC(COCC2CCCCC2)(COCC2CCCCC2)COCC2CCCCC2)CC1. The van der Waals surface area contributed by atoms with E-state index in [1.165, 1.54) is 128 Å². The van der Waals surface area contributed by atoms with Crippen molar-refractivity contribution in [3.63, 3.8) is 0 Å². The molecule has 0 aliphatic heterocycles. The minimum atomic E-state index is -0.188. The summed E-state index contributed by atoms with van der Waals surface area (Å²) in [7, 11) is 0. The molecule has 0 aromatic carbocycles. The van der Waals surface area contributed by atoms with E-state index in [2.05, 4.69) is 0 Å². The van der Waals surface area contributed by atoms with E-state index in [-0.39, 0.29) is 5.41 Å². The molecule has 37 heavy (non-hydrogen) atoms. The highest BCUT2D eigenvalue weighted by atomic mass is 16.5. The zero-order valence-electron chi connectivity index (χ0n) is 24.2. The molecule has 4 rings (SSSR count). The monoisotopic (exact) mass is 520 g/mol. The Labute approximate surface area is 229 Å². The molecule has 216 valence electrons. The van der Waals surface area contributed by atoms with Crippen LogP contribution in [0, 0.1) is 29.1 Å². The maximum Gasteiger partial charge on any atom is 0.0637 e. The van der Waals surface area contributed by atoms with Gasteiger partial charge >= 0.3 is 0 Å². The van der Waals surface area contributed by atoms with Crippen molar-refractivity contribution in [2.75, 3.05) is 52.9 Å². The molecule has 0 amide bonds. The van der Waals surface area contributed by atoms with Crippen molar-refractivity contribution < 1.29 is 18.9 Å². The number of hydrogen-bond donors (Lipinski definition) is 0. The lowest BCUT2D eigenvalue weighted by atomic mass is 9.88. The van der Waals surface area contributed by atoms with Crippen LogP contribution in [0.1, 0.15) is 128 Å². The summed E-state index contributed by atoms with van der Waals surface area (Å²) in [6.45, 7) is 6.44. The van der Waals surface area contributed by atoms with Crippen molar-refractivity contribution in [3.8, 4) is 0 Å². The van der Waals surface area contributed by atoms with Crippen LogP contribution in [0.5, 0.6) is 0 Å². The average Bonchev–Trinajstić information content (AvgIpc) is 2.95. The summed E-state index contributed by atoms with van der Waals surface area (Å²) < 4.78 is 26.1. The second-order valence-corrected chi connectivity index (χ2v) is 13.6. The fourth-order valence-corrected chi connectivity index (χ4v) is 7.43. The smallest absolute Gasteiger partial charge is 0.0637 e. The van der Waals surface area contributed by atoms with Crippen LogP contribution in [-0.4, -0.2) is 52.9 Å². The van der Waals surface area contributed by atoms with Gasteiger partial charge in [0.05, 0.1) is 31.8 Å². The summed E-state index contributed by atoms with van der Waals surface area (Å²) in [4.78, 5) is 0. The van der Waals surface area contributed by atoms with Crippen LogP contribution in [-0.2, 0) is 18.9 Å². The van der Waals surface area contributed by atoms with E-state index >= 15 is 0 Å². The van der Waals surface area contributed by atoms with Gasteiger partial charge in [-0.3, -0.25) is 0 Å². The summed E-state index contributed by atoms with van der Waals surface area (Å²) in [6.07, 6.45) is 27.3. The molecule has 0 aromatic heterocycles. The molecule has 4 heteroatoms. The van der Waals surface area contributed by atoms with Gasteiger partial charge in [-0.25, -0.2) is 0 Å². The lowest BCUT2D eigenvalue weighted by molar-refractivity contribution is -0.121. The van der Waals surface area contributed by atoms with Crippen molar-refractivity contribution in [2.45, 2.75) is 128 Å². The van der Waals surface area contributed by atoms with Gasteiger partial charge in [-0.2, -0.15) is 0 Å². The Kier molecular flexibility index (Phi) is 14.1. The van der Waals surface area contributed by atoms with Gasteiger partial charge in [-0.1, -0.05) is 77.0 Å². The molecule has 0 radical (unpaired) electrons. The Balaban J connectivity index is 1.33. The molecule has 0 spiro atoms. The standard InChI is InChI=1S/C33H60O4/c1-5-13-29(14-6-1)21-34-25-33(26-35-22-30-15-7-2-8-16-30,27-36-23-31-17-9-3-10-18-31)28-37-24-32-19-11-4-12-20-32/h29-32H,1-28H2. The maximum atomic E-state index is 6.53. The van der Waals surface area contributed by atoms with Gasteiger partial charge in [0.25, 0.3) is 0 Å². The Hall–Kier alpha value is -0.160. The molecule has 4 aliphatic rings. The molecule has 0 N–H and O–H groups in total. The second kappa shape index (κ2) is 17.5. The summed E-state index contributed by atoms with van der Waals surface area (Å²) in [6, 6.07) is 0. The predicted molar refractivity (Wildman–Crippen MR) is 152 cm³/mol. The first-order valence-electron chi connectivity index (χ1n) is 16.6. The van der Waals surface area contributed by atoms with Gasteiger partial charge in [-0.05, 0) is 75.0 Å². The zero-order valence-corrected chi connectivity index (χ0v) is 24.2. The summed E-state index contributed by atoms with van der Waals surface area (Å²) in [5, 5.41) is 0. The van der Waals surface area contributed by atoms with E-state index in [0.29, 0.717) is 26.4 Å². The van der Waals surface area contributed by atoms with Gasteiger partial charge in [0.1, 0.15) is 0 Å². The normalized spacial score (nSPS) is 24.0. The topological polar surface area (TPSA) is 36.9 Å². The molecular weight excluding hydrogens is 460 g/mol. The van der Waals surface area contributed by atoms with E-state index in [1.54, 1.807) is 0 Å². The van der Waals surface area contributed by atoms with Crippen molar-refractivity contribution in [3.05, 3.63) is 0 Å². The summed E-state index contributed by atoms with van der Waals surface area (Å²) in [5.41, 5.74) is -0.188. The minimum absolute atomic E-state index is 0.188. The van der Waals surface area contributed by atoms with E-state index in [4.69, 9.17) is 18.9 Å². The first kappa shape index (κ1) is 29.8. The van der Waals surface area contributed by atoms with Gasteiger partial charge in [0.2, 0.25) is 0 Å². The third-order valence-electron chi connectivity index (χ3n) is 9.95. The fraction of sp³-hybridized carbons (Fsp3) is 1.00. The van der Waals surface area contributed by atoms with Gasteiger partial charge in [0, 0.05) is 26.4 Å². The quantitative estimate of drug-likeness (QED) is 0.205. The van der Waals surface area contributed by atoms with Crippen molar-refractivity contribution >= 4 is 0 Å². The van der Waals surface area contributed by atoms with Crippen LogP contribution in [0.2, 0.25) is 0 Å². The van der Waals surface area contributed by atoms with Gasteiger partial charge in [-0.15, -0.1) is 0 Å². The number of ether oxygens (including phenoxy) is 4. The third-order valence-corrected chi connectivity index (χ3v) is 9.95. The van der Waals surface area contributed by atoms with Crippen LogP contribution in [0.25, 0.3) is 0 Å². The largest absolute Gasteiger partial charge is 0.380 e. The van der Waals surface area contributed by atoms with Crippen LogP contribution in [0.4, 0.5) is 0 Å². The minimum Gasteiger partial charge on any atom is -0.380 e. The van der Waals surface area contributed by atoms with Crippen molar-refractivity contribution in [1.29, 1.82) is 0 Å². The third kappa shape index (κ3) is 11.5.